The van der Waals surface area contributed by atoms with Crippen molar-refractivity contribution in [2.45, 2.75) is 23.4 Å². The molecule has 2 aromatic carbocycles. The Morgan fingerprint density at radius 3 is 2.38 bits per heavy atom. The number of aromatic nitrogens is 1. The van der Waals surface area contributed by atoms with Crippen LogP contribution in [0.4, 0.5) is 5.13 Å². The second kappa shape index (κ2) is 13.4. The molecule has 0 atom stereocenters. The Bertz CT molecular complexity index is 1330. The first-order valence-corrected chi connectivity index (χ1v) is 15.2. The summed E-state index contributed by atoms with van der Waals surface area (Å²) in [6.45, 7) is 8.04. The molecule has 2 aliphatic rings. The van der Waals surface area contributed by atoms with Crippen molar-refractivity contribution in [2.24, 2.45) is 0 Å². The Balaban J connectivity index is 1.10. The minimum absolute atomic E-state index is 0.00744. The van der Waals surface area contributed by atoms with E-state index < -0.39 is 0 Å². The zero-order valence-electron chi connectivity index (χ0n) is 22.5. The van der Waals surface area contributed by atoms with Crippen LogP contribution in [0.25, 0.3) is 0 Å². The lowest BCUT2D eigenvalue weighted by Gasteiger charge is -2.34. The summed E-state index contributed by atoms with van der Waals surface area (Å²) in [6.07, 6.45) is 1.76. The van der Waals surface area contributed by atoms with Crippen molar-refractivity contribution in [3.63, 3.8) is 0 Å². The first-order valence-electron chi connectivity index (χ1n) is 13.4. The summed E-state index contributed by atoms with van der Waals surface area (Å²) in [5.41, 5.74) is 3.46. The number of hydrogen-bond donors (Lipinski definition) is 1. The number of amides is 3. The van der Waals surface area contributed by atoms with Crippen LogP contribution in [0.15, 0.2) is 58.9 Å². The number of rotatable bonds is 8. The zero-order chi connectivity index (χ0) is 27.9. The van der Waals surface area contributed by atoms with Crippen molar-refractivity contribution >= 4 is 46.0 Å². The van der Waals surface area contributed by atoms with Gasteiger partial charge in [-0.25, -0.2) is 4.98 Å². The Labute approximate surface area is 242 Å². The number of ether oxygens (including phenoxy) is 1. The molecule has 11 heteroatoms. The smallest absolute Gasteiger partial charge is 0.257 e. The number of carbonyl (C=O) groups is 3. The maximum atomic E-state index is 13.0. The summed E-state index contributed by atoms with van der Waals surface area (Å²) in [4.78, 5) is 47.6. The minimum atomic E-state index is -0.181. The standard InChI is InChI=1S/C29H33N5O4S2/c1-21(35)33-9-11-34(12-10-33)28(37)25-4-2-3-23(17-25)20-39-26-18-30-29(40-26)31-27(36)24-7-5-22(6-8-24)19-32-13-15-38-16-14-32/h2-8,17-18H,9-16,19-20H2,1H3,(H,30,31,36). The van der Waals surface area contributed by atoms with Crippen molar-refractivity contribution < 1.29 is 19.1 Å². The molecule has 9 nitrogen and oxygen atoms in total. The van der Waals surface area contributed by atoms with Crippen LogP contribution in [0.1, 0.15) is 38.8 Å². The van der Waals surface area contributed by atoms with Gasteiger partial charge >= 0.3 is 0 Å². The number of thioether (sulfide) groups is 1. The van der Waals surface area contributed by atoms with Crippen molar-refractivity contribution in [2.75, 3.05) is 57.8 Å². The molecule has 40 heavy (non-hydrogen) atoms. The van der Waals surface area contributed by atoms with E-state index in [1.54, 1.807) is 29.8 Å². The molecule has 0 bridgehead atoms. The molecule has 0 aliphatic carbocycles. The van der Waals surface area contributed by atoms with E-state index >= 15 is 0 Å². The van der Waals surface area contributed by atoms with Crippen LogP contribution >= 0.6 is 23.1 Å². The Kier molecular flexibility index (Phi) is 9.48. The summed E-state index contributed by atoms with van der Waals surface area (Å²) in [5, 5.41) is 3.46. The lowest BCUT2D eigenvalue weighted by atomic mass is 10.1. The molecule has 0 unspecified atom stereocenters. The maximum absolute atomic E-state index is 13.0. The maximum Gasteiger partial charge on any atom is 0.257 e. The highest BCUT2D eigenvalue weighted by Crippen LogP contribution is 2.31. The number of morpholine rings is 1. The van der Waals surface area contributed by atoms with Gasteiger partial charge in [0.25, 0.3) is 11.8 Å². The van der Waals surface area contributed by atoms with Gasteiger partial charge in [0, 0.05) is 69.6 Å². The van der Waals surface area contributed by atoms with Gasteiger partial charge in [-0.05, 0) is 35.4 Å². The molecule has 1 N–H and O–H groups in total. The predicted molar refractivity (Wildman–Crippen MR) is 157 cm³/mol. The summed E-state index contributed by atoms with van der Waals surface area (Å²) in [6, 6.07) is 15.4. The molecule has 3 heterocycles. The molecule has 1 aromatic heterocycles. The van der Waals surface area contributed by atoms with Crippen molar-refractivity contribution in [3.8, 4) is 0 Å². The molecule has 3 aromatic rings. The van der Waals surface area contributed by atoms with Crippen molar-refractivity contribution in [1.82, 2.24) is 19.7 Å². The normalized spacial score (nSPS) is 16.1. The number of nitrogens with one attached hydrogen (secondary N) is 1. The Hall–Kier alpha value is -3.25. The predicted octanol–water partition coefficient (Wildman–Crippen LogP) is 3.82. The van der Waals surface area contributed by atoms with E-state index in [0.29, 0.717) is 48.2 Å². The molecule has 3 amide bonds. The molecule has 0 spiro atoms. The summed E-state index contributed by atoms with van der Waals surface area (Å²) in [5.74, 6) is 0.538. The Morgan fingerprint density at radius 1 is 0.925 bits per heavy atom. The first-order chi connectivity index (χ1) is 19.4. The van der Waals surface area contributed by atoms with Gasteiger partial charge in [0.1, 0.15) is 0 Å². The highest BCUT2D eigenvalue weighted by atomic mass is 32.2. The number of nitrogens with zero attached hydrogens (tertiary/aromatic N) is 4. The van der Waals surface area contributed by atoms with E-state index in [2.05, 4.69) is 15.2 Å². The molecule has 2 fully saturated rings. The van der Waals surface area contributed by atoms with Gasteiger partial charge in [0.15, 0.2) is 5.13 Å². The van der Waals surface area contributed by atoms with Crippen LogP contribution < -0.4 is 5.32 Å². The van der Waals surface area contributed by atoms with Gasteiger partial charge < -0.3 is 14.5 Å². The Morgan fingerprint density at radius 2 is 1.65 bits per heavy atom. The van der Waals surface area contributed by atoms with Crippen LogP contribution in [-0.4, -0.2) is 89.9 Å². The molecule has 0 radical (unpaired) electrons. The van der Waals surface area contributed by atoms with Crippen LogP contribution in [-0.2, 0) is 21.8 Å². The summed E-state index contributed by atoms with van der Waals surface area (Å²) < 4.78 is 6.38. The number of benzene rings is 2. The molecular formula is C29H33N5O4S2. The van der Waals surface area contributed by atoms with Crippen LogP contribution in [0.2, 0.25) is 0 Å². The van der Waals surface area contributed by atoms with E-state index in [0.717, 1.165) is 42.6 Å². The van der Waals surface area contributed by atoms with Crippen molar-refractivity contribution in [3.05, 3.63) is 77.0 Å². The van der Waals surface area contributed by atoms with E-state index in [9.17, 15) is 14.4 Å². The second-order valence-electron chi connectivity index (χ2n) is 9.81. The number of piperazine rings is 1. The zero-order valence-corrected chi connectivity index (χ0v) is 24.1. The largest absolute Gasteiger partial charge is 0.379 e. The third kappa shape index (κ3) is 7.48. The second-order valence-corrected chi connectivity index (χ2v) is 12.1. The highest BCUT2D eigenvalue weighted by molar-refractivity contribution is 8.00. The fourth-order valence-electron chi connectivity index (χ4n) is 4.69. The number of hydrogen-bond acceptors (Lipinski definition) is 8. The molecule has 2 aliphatic heterocycles. The number of carbonyl (C=O) groups excluding carboxylic acids is 3. The molecule has 2 saturated heterocycles. The highest BCUT2D eigenvalue weighted by Gasteiger charge is 2.23. The average molecular weight is 580 g/mol. The van der Waals surface area contributed by atoms with Gasteiger partial charge in [-0.2, -0.15) is 0 Å². The van der Waals surface area contributed by atoms with Gasteiger partial charge in [-0.1, -0.05) is 35.6 Å². The van der Waals surface area contributed by atoms with Crippen LogP contribution in [0.5, 0.6) is 0 Å². The SMILES string of the molecule is CC(=O)N1CCN(C(=O)c2cccc(CSc3cnc(NC(=O)c4ccc(CN5CCOCC5)cc4)s3)c2)CC1. The molecular weight excluding hydrogens is 546 g/mol. The van der Waals surface area contributed by atoms with Crippen LogP contribution in [0, 0.1) is 0 Å². The topological polar surface area (TPSA) is 95.1 Å². The third-order valence-electron chi connectivity index (χ3n) is 7.00. The first kappa shape index (κ1) is 28.3. The van der Waals surface area contributed by atoms with E-state index in [1.165, 1.54) is 16.9 Å². The monoisotopic (exact) mass is 579 g/mol. The fourth-order valence-corrected chi connectivity index (χ4v) is 6.50. The van der Waals surface area contributed by atoms with Gasteiger partial charge in [0.05, 0.1) is 23.6 Å². The lowest BCUT2D eigenvalue weighted by molar-refractivity contribution is -0.130. The minimum Gasteiger partial charge on any atom is -0.379 e. The van der Waals surface area contributed by atoms with Gasteiger partial charge in [-0.3, -0.25) is 24.6 Å². The van der Waals surface area contributed by atoms with Gasteiger partial charge in [-0.15, -0.1) is 11.8 Å². The molecule has 5 rings (SSSR count). The van der Waals surface area contributed by atoms with Crippen LogP contribution in [0.3, 0.4) is 0 Å². The number of thiazole rings is 1. The third-order valence-corrected chi connectivity index (χ3v) is 9.18. The summed E-state index contributed by atoms with van der Waals surface area (Å²) >= 11 is 3.05. The lowest BCUT2D eigenvalue weighted by Crippen LogP contribution is -2.50. The molecule has 0 saturated carbocycles. The van der Waals surface area contributed by atoms with Crippen molar-refractivity contribution in [1.29, 1.82) is 0 Å². The summed E-state index contributed by atoms with van der Waals surface area (Å²) in [7, 11) is 0. The van der Waals surface area contributed by atoms with E-state index in [4.69, 9.17) is 4.74 Å². The van der Waals surface area contributed by atoms with E-state index in [-0.39, 0.29) is 17.7 Å². The average Bonchev–Trinajstić information content (AvgIpc) is 3.44. The van der Waals surface area contributed by atoms with Gasteiger partial charge in [0.2, 0.25) is 5.91 Å². The molecule has 210 valence electrons. The number of anilines is 1. The van der Waals surface area contributed by atoms with E-state index in [1.807, 2.05) is 53.4 Å². The fraction of sp³-hybridized carbons (Fsp3) is 0.379. The quantitative estimate of drug-likeness (QED) is 0.406.